The largest absolute Gasteiger partial charge is 0.352 e. The standard InChI is InChI=1S/C16H26N2O/c1-11(2)18-15-7-6-13(10-16(18,4)5)9-14(19)8-12(3)17-15/h8,11,13H,6-7,9-10H2,1-5H3. The van der Waals surface area contributed by atoms with Crippen LogP contribution in [0.2, 0.25) is 0 Å². The molecule has 2 rings (SSSR count). The van der Waals surface area contributed by atoms with Gasteiger partial charge in [0.15, 0.2) is 5.78 Å². The molecule has 2 aliphatic heterocycles. The Morgan fingerprint density at radius 1 is 1.42 bits per heavy atom. The van der Waals surface area contributed by atoms with Crippen molar-refractivity contribution in [3.8, 4) is 0 Å². The van der Waals surface area contributed by atoms with Crippen LogP contribution in [-0.2, 0) is 4.79 Å². The lowest BCUT2D eigenvalue weighted by atomic mass is 9.85. The van der Waals surface area contributed by atoms with Crippen molar-refractivity contribution in [3.63, 3.8) is 0 Å². The van der Waals surface area contributed by atoms with Crippen molar-refractivity contribution in [2.24, 2.45) is 10.9 Å². The maximum absolute atomic E-state index is 12.0. The number of hydrogen-bond acceptors (Lipinski definition) is 3. The van der Waals surface area contributed by atoms with Gasteiger partial charge in [0.25, 0.3) is 0 Å². The first-order chi connectivity index (χ1) is 8.79. The Bertz CT molecular complexity index is 432. The minimum absolute atomic E-state index is 0.0755. The SMILES string of the molecule is CC1=CC(=O)CC2CCC(=N1)N(C(C)C)C(C)(C)C2. The Labute approximate surface area is 116 Å². The fourth-order valence-corrected chi connectivity index (χ4v) is 3.80. The quantitative estimate of drug-likeness (QED) is 0.724. The van der Waals surface area contributed by atoms with Crippen LogP contribution in [0.4, 0.5) is 0 Å². The summed E-state index contributed by atoms with van der Waals surface area (Å²) in [6.07, 6.45) is 5.54. The van der Waals surface area contributed by atoms with E-state index >= 15 is 0 Å². The van der Waals surface area contributed by atoms with Crippen molar-refractivity contribution in [1.29, 1.82) is 0 Å². The van der Waals surface area contributed by atoms with Gasteiger partial charge >= 0.3 is 0 Å². The molecule has 0 spiro atoms. The van der Waals surface area contributed by atoms with Crippen LogP contribution in [-0.4, -0.2) is 28.1 Å². The highest BCUT2D eigenvalue weighted by atomic mass is 16.1. The van der Waals surface area contributed by atoms with Gasteiger partial charge in [0.05, 0.1) is 0 Å². The molecule has 0 aromatic heterocycles. The summed E-state index contributed by atoms with van der Waals surface area (Å²) in [5.41, 5.74) is 0.926. The molecular weight excluding hydrogens is 236 g/mol. The van der Waals surface area contributed by atoms with Gasteiger partial charge in [-0.15, -0.1) is 0 Å². The number of aliphatic imine (C=N–C) groups is 1. The summed E-state index contributed by atoms with van der Waals surface area (Å²) < 4.78 is 0. The summed E-state index contributed by atoms with van der Waals surface area (Å²) in [7, 11) is 0. The average molecular weight is 262 g/mol. The molecule has 0 aliphatic carbocycles. The van der Waals surface area contributed by atoms with E-state index in [1.165, 1.54) is 0 Å². The number of amidine groups is 1. The van der Waals surface area contributed by atoms with Crippen molar-refractivity contribution < 1.29 is 4.79 Å². The van der Waals surface area contributed by atoms with Crippen LogP contribution in [0.15, 0.2) is 16.8 Å². The zero-order valence-corrected chi connectivity index (χ0v) is 12.9. The highest BCUT2D eigenvalue weighted by Gasteiger charge is 2.37. The zero-order valence-electron chi connectivity index (χ0n) is 12.9. The number of ketones is 1. The number of carbonyl (C=O) groups excluding carboxylic acids is 1. The lowest BCUT2D eigenvalue weighted by molar-refractivity contribution is -0.115. The maximum atomic E-state index is 12.0. The Hall–Kier alpha value is -1.12. The molecule has 0 aromatic carbocycles. The summed E-state index contributed by atoms with van der Waals surface area (Å²) in [5.74, 6) is 1.88. The van der Waals surface area contributed by atoms with Crippen LogP contribution < -0.4 is 0 Å². The molecule has 0 N–H and O–H groups in total. The highest BCUT2D eigenvalue weighted by molar-refractivity contribution is 5.92. The van der Waals surface area contributed by atoms with Crippen LogP contribution in [0.5, 0.6) is 0 Å². The third kappa shape index (κ3) is 3.07. The van der Waals surface area contributed by atoms with Gasteiger partial charge in [-0.25, -0.2) is 4.99 Å². The first kappa shape index (κ1) is 14.3. The number of allylic oxidation sites excluding steroid dienone is 2. The van der Waals surface area contributed by atoms with Crippen LogP contribution in [0.3, 0.4) is 0 Å². The van der Waals surface area contributed by atoms with E-state index in [1.807, 2.05) is 6.92 Å². The molecule has 0 amide bonds. The van der Waals surface area contributed by atoms with Gasteiger partial charge in [-0.1, -0.05) is 0 Å². The fourth-order valence-electron chi connectivity index (χ4n) is 3.80. The number of fused-ring (bicyclic) bond motifs is 3. The molecule has 1 fully saturated rings. The van der Waals surface area contributed by atoms with Crippen molar-refractivity contribution in [1.82, 2.24) is 4.90 Å². The van der Waals surface area contributed by atoms with E-state index in [-0.39, 0.29) is 11.3 Å². The predicted molar refractivity (Wildman–Crippen MR) is 79.2 cm³/mol. The first-order valence-corrected chi connectivity index (χ1v) is 7.37. The third-order valence-electron chi connectivity index (χ3n) is 4.18. The van der Waals surface area contributed by atoms with Crippen LogP contribution in [0.25, 0.3) is 0 Å². The van der Waals surface area contributed by atoms with Gasteiger partial charge in [0.2, 0.25) is 0 Å². The monoisotopic (exact) mass is 262 g/mol. The summed E-state index contributed by atoms with van der Waals surface area (Å²) in [4.78, 5) is 19.2. The van der Waals surface area contributed by atoms with Crippen molar-refractivity contribution in [3.05, 3.63) is 11.8 Å². The van der Waals surface area contributed by atoms with Gasteiger partial charge in [-0.3, -0.25) is 4.79 Å². The molecule has 0 aromatic rings. The summed E-state index contributed by atoms with van der Waals surface area (Å²) >= 11 is 0. The maximum Gasteiger partial charge on any atom is 0.157 e. The minimum Gasteiger partial charge on any atom is -0.352 e. The van der Waals surface area contributed by atoms with Gasteiger partial charge in [-0.2, -0.15) is 0 Å². The number of rotatable bonds is 1. The molecule has 1 unspecified atom stereocenters. The second-order valence-corrected chi connectivity index (χ2v) is 6.87. The number of nitrogens with zero attached hydrogens (tertiary/aromatic N) is 2. The van der Waals surface area contributed by atoms with E-state index < -0.39 is 0 Å². The van der Waals surface area contributed by atoms with Crippen LogP contribution >= 0.6 is 0 Å². The molecule has 2 bridgehead atoms. The van der Waals surface area contributed by atoms with Gasteiger partial charge < -0.3 is 4.90 Å². The van der Waals surface area contributed by atoms with E-state index in [4.69, 9.17) is 4.99 Å². The van der Waals surface area contributed by atoms with Crippen molar-refractivity contribution in [2.45, 2.75) is 71.9 Å². The molecule has 0 radical (unpaired) electrons. The highest BCUT2D eigenvalue weighted by Crippen LogP contribution is 2.36. The van der Waals surface area contributed by atoms with E-state index in [2.05, 4.69) is 32.6 Å². The van der Waals surface area contributed by atoms with Crippen LogP contribution in [0.1, 0.15) is 60.3 Å². The average Bonchev–Trinajstić information content (AvgIpc) is 2.28. The molecular formula is C16H26N2O. The Balaban J connectivity index is 2.50. The molecule has 3 heteroatoms. The third-order valence-corrected chi connectivity index (χ3v) is 4.18. The molecule has 1 atom stereocenters. The minimum atomic E-state index is 0.0755. The van der Waals surface area contributed by atoms with Crippen molar-refractivity contribution in [2.75, 3.05) is 0 Å². The second kappa shape index (κ2) is 5.10. The smallest absolute Gasteiger partial charge is 0.157 e. The summed E-state index contributed by atoms with van der Waals surface area (Å²) in [5, 5.41) is 0. The fraction of sp³-hybridized carbons (Fsp3) is 0.750. The van der Waals surface area contributed by atoms with Gasteiger partial charge in [0, 0.05) is 36.2 Å². The number of hydrogen-bond donors (Lipinski definition) is 0. The number of likely N-dealkylation sites (tertiary alicyclic amines) is 1. The lowest BCUT2D eigenvalue weighted by Gasteiger charge is -2.43. The van der Waals surface area contributed by atoms with E-state index in [0.29, 0.717) is 18.4 Å². The lowest BCUT2D eigenvalue weighted by Crippen LogP contribution is -2.51. The molecule has 106 valence electrons. The van der Waals surface area contributed by atoms with Gasteiger partial charge in [-0.05, 0) is 53.4 Å². The molecule has 2 heterocycles. The molecule has 3 nitrogen and oxygen atoms in total. The number of carbonyl (C=O) groups is 1. The normalized spacial score (nSPS) is 27.4. The molecule has 1 saturated heterocycles. The summed E-state index contributed by atoms with van der Waals surface area (Å²) in [6, 6.07) is 0.440. The molecule has 19 heavy (non-hydrogen) atoms. The van der Waals surface area contributed by atoms with E-state index in [9.17, 15) is 4.79 Å². The Morgan fingerprint density at radius 3 is 2.74 bits per heavy atom. The topological polar surface area (TPSA) is 32.7 Å². The van der Waals surface area contributed by atoms with Gasteiger partial charge in [0.1, 0.15) is 5.84 Å². The van der Waals surface area contributed by atoms with E-state index in [0.717, 1.165) is 30.8 Å². The van der Waals surface area contributed by atoms with Crippen molar-refractivity contribution >= 4 is 11.6 Å². The Kier molecular flexibility index (Phi) is 3.84. The summed E-state index contributed by atoms with van der Waals surface area (Å²) in [6.45, 7) is 11.0. The zero-order chi connectivity index (χ0) is 14.2. The van der Waals surface area contributed by atoms with E-state index in [1.54, 1.807) is 6.08 Å². The first-order valence-electron chi connectivity index (χ1n) is 7.37. The van der Waals surface area contributed by atoms with Crippen LogP contribution in [0, 0.1) is 5.92 Å². The Morgan fingerprint density at radius 2 is 2.11 bits per heavy atom. The predicted octanol–water partition coefficient (Wildman–Crippen LogP) is 3.55. The molecule has 0 saturated carbocycles. The molecule has 2 aliphatic rings. The second-order valence-electron chi connectivity index (χ2n) is 6.87.